The van der Waals surface area contributed by atoms with Crippen LogP contribution in [0.4, 0.5) is 5.13 Å². The van der Waals surface area contributed by atoms with Crippen LogP contribution in [-0.4, -0.2) is 47.0 Å². The summed E-state index contributed by atoms with van der Waals surface area (Å²) in [4.78, 5) is 14.0. The third-order valence-corrected chi connectivity index (χ3v) is 5.13. The number of anilines is 1. The van der Waals surface area contributed by atoms with Crippen molar-refractivity contribution in [2.24, 2.45) is 0 Å². The van der Waals surface area contributed by atoms with Crippen molar-refractivity contribution in [3.05, 3.63) is 29.8 Å². The Bertz CT molecular complexity index is 646. The first-order chi connectivity index (χ1) is 11.6. The third-order valence-electron chi connectivity index (χ3n) is 3.13. The minimum Gasteiger partial charge on any atom is -0.494 e. The summed E-state index contributed by atoms with van der Waals surface area (Å²) in [6, 6.07) is 7.81. The van der Waals surface area contributed by atoms with Gasteiger partial charge in [-0.1, -0.05) is 35.2 Å². The molecule has 6 nitrogen and oxygen atoms in total. The van der Waals surface area contributed by atoms with Gasteiger partial charge in [-0.15, -0.1) is 10.2 Å². The zero-order valence-electron chi connectivity index (χ0n) is 14.1. The normalized spacial score (nSPS) is 10.5. The molecule has 2 aromatic rings. The lowest BCUT2D eigenvalue weighted by Crippen LogP contribution is -2.27. The number of nitrogens with one attached hydrogen (secondary N) is 1. The predicted molar refractivity (Wildman–Crippen MR) is 98.9 cm³/mol. The van der Waals surface area contributed by atoms with Crippen molar-refractivity contribution in [1.82, 2.24) is 15.1 Å². The van der Waals surface area contributed by atoms with Gasteiger partial charge in [-0.05, 0) is 31.5 Å². The molecule has 0 bridgehead atoms. The molecule has 8 heteroatoms. The zero-order valence-corrected chi connectivity index (χ0v) is 15.7. The highest BCUT2D eigenvalue weighted by Crippen LogP contribution is 2.25. The fraction of sp³-hybridized carbons (Fsp3) is 0.438. The minimum atomic E-state index is 0.0640. The average molecular weight is 367 g/mol. The van der Waals surface area contributed by atoms with E-state index in [1.54, 1.807) is 4.90 Å². The summed E-state index contributed by atoms with van der Waals surface area (Å²) in [6.45, 7) is 5.99. The van der Waals surface area contributed by atoms with Gasteiger partial charge in [0.25, 0.3) is 0 Å². The van der Waals surface area contributed by atoms with Crippen molar-refractivity contribution in [2.75, 3.05) is 31.3 Å². The second-order valence-electron chi connectivity index (χ2n) is 5.02. The van der Waals surface area contributed by atoms with Crippen LogP contribution in [0.5, 0.6) is 5.75 Å². The third kappa shape index (κ3) is 5.68. The predicted octanol–water partition coefficient (Wildman–Crippen LogP) is 3.12. The van der Waals surface area contributed by atoms with E-state index in [-0.39, 0.29) is 5.91 Å². The molecule has 1 N–H and O–H groups in total. The second kappa shape index (κ2) is 9.48. The molecular formula is C16H22N4O2S2. The number of rotatable bonds is 9. The van der Waals surface area contributed by atoms with Gasteiger partial charge in [-0.2, -0.15) is 0 Å². The van der Waals surface area contributed by atoms with Crippen LogP contribution in [-0.2, 0) is 11.3 Å². The summed E-state index contributed by atoms with van der Waals surface area (Å²) in [6.07, 6.45) is 0. The topological polar surface area (TPSA) is 67.4 Å². The zero-order chi connectivity index (χ0) is 17.4. The molecule has 1 aromatic carbocycles. The van der Waals surface area contributed by atoms with Crippen molar-refractivity contribution in [3.8, 4) is 5.75 Å². The summed E-state index contributed by atoms with van der Waals surface area (Å²) in [5.41, 5.74) is 1.07. The number of ether oxygens (including phenoxy) is 1. The van der Waals surface area contributed by atoms with Crippen LogP contribution in [0, 0.1) is 0 Å². The molecule has 0 radical (unpaired) electrons. The van der Waals surface area contributed by atoms with Gasteiger partial charge in [0, 0.05) is 20.1 Å². The summed E-state index contributed by atoms with van der Waals surface area (Å²) < 4.78 is 6.22. The molecule has 0 atom stereocenters. The Morgan fingerprint density at radius 2 is 2.04 bits per heavy atom. The number of carbonyl (C=O) groups excluding carboxylic acids is 1. The molecule has 1 heterocycles. The summed E-state index contributed by atoms with van der Waals surface area (Å²) in [5.74, 6) is 1.27. The first-order valence-electron chi connectivity index (χ1n) is 7.78. The number of amides is 1. The molecule has 0 spiro atoms. The largest absolute Gasteiger partial charge is 0.494 e. The minimum absolute atomic E-state index is 0.0640. The van der Waals surface area contributed by atoms with Crippen LogP contribution in [0.3, 0.4) is 0 Å². The van der Waals surface area contributed by atoms with E-state index in [0.29, 0.717) is 18.9 Å². The molecule has 0 saturated heterocycles. The first kappa shape index (κ1) is 18.5. The SMILES string of the molecule is CCNc1nnc(SCC(=O)N(C)Cc2ccc(OCC)cc2)s1. The maximum Gasteiger partial charge on any atom is 0.233 e. The number of thioether (sulfide) groups is 1. The van der Waals surface area contributed by atoms with Gasteiger partial charge >= 0.3 is 0 Å². The van der Waals surface area contributed by atoms with Gasteiger partial charge in [0.2, 0.25) is 11.0 Å². The van der Waals surface area contributed by atoms with Crippen molar-refractivity contribution >= 4 is 34.1 Å². The van der Waals surface area contributed by atoms with Crippen LogP contribution in [0.1, 0.15) is 19.4 Å². The summed E-state index contributed by atoms with van der Waals surface area (Å²) >= 11 is 2.88. The molecule has 0 unspecified atom stereocenters. The van der Waals surface area contributed by atoms with Crippen LogP contribution in [0.2, 0.25) is 0 Å². The van der Waals surface area contributed by atoms with E-state index in [2.05, 4.69) is 15.5 Å². The number of nitrogens with zero attached hydrogens (tertiary/aromatic N) is 3. The van der Waals surface area contributed by atoms with Crippen molar-refractivity contribution < 1.29 is 9.53 Å². The monoisotopic (exact) mass is 366 g/mol. The molecule has 1 aromatic heterocycles. The maximum absolute atomic E-state index is 12.2. The number of aromatic nitrogens is 2. The van der Waals surface area contributed by atoms with E-state index in [0.717, 1.165) is 27.3 Å². The van der Waals surface area contributed by atoms with E-state index < -0.39 is 0 Å². The standard InChI is InChI=1S/C16H22N4O2S2/c1-4-17-15-18-19-16(24-15)23-11-14(21)20(3)10-12-6-8-13(9-7-12)22-5-2/h6-9H,4-5,10-11H2,1-3H3,(H,17,18). The molecular weight excluding hydrogens is 344 g/mol. The number of benzene rings is 1. The number of hydrogen-bond donors (Lipinski definition) is 1. The quantitative estimate of drug-likeness (QED) is 0.688. The fourth-order valence-electron chi connectivity index (χ4n) is 1.94. The Hall–Kier alpha value is -1.80. The number of hydrogen-bond acceptors (Lipinski definition) is 7. The van der Waals surface area contributed by atoms with E-state index in [4.69, 9.17) is 4.74 Å². The van der Waals surface area contributed by atoms with E-state index >= 15 is 0 Å². The van der Waals surface area contributed by atoms with Crippen LogP contribution in [0.25, 0.3) is 0 Å². The lowest BCUT2D eigenvalue weighted by molar-refractivity contribution is -0.127. The Balaban J connectivity index is 1.80. The lowest BCUT2D eigenvalue weighted by atomic mass is 10.2. The smallest absolute Gasteiger partial charge is 0.233 e. The highest BCUT2D eigenvalue weighted by Gasteiger charge is 2.12. The van der Waals surface area contributed by atoms with Crippen molar-refractivity contribution in [1.29, 1.82) is 0 Å². The lowest BCUT2D eigenvalue weighted by Gasteiger charge is -2.17. The Morgan fingerprint density at radius 3 is 2.71 bits per heavy atom. The van der Waals surface area contributed by atoms with Crippen molar-refractivity contribution in [3.63, 3.8) is 0 Å². The molecule has 24 heavy (non-hydrogen) atoms. The number of carbonyl (C=O) groups is 1. The first-order valence-corrected chi connectivity index (χ1v) is 9.58. The van der Waals surface area contributed by atoms with Crippen LogP contribution >= 0.6 is 23.1 Å². The van der Waals surface area contributed by atoms with E-state index in [1.807, 2.05) is 45.2 Å². The second-order valence-corrected chi connectivity index (χ2v) is 7.22. The van der Waals surface area contributed by atoms with Gasteiger partial charge < -0.3 is 15.0 Å². The Morgan fingerprint density at radius 1 is 1.29 bits per heavy atom. The molecule has 2 rings (SSSR count). The van der Waals surface area contributed by atoms with Crippen LogP contribution < -0.4 is 10.1 Å². The molecule has 1 amide bonds. The summed E-state index contributed by atoms with van der Waals surface area (Å²) in [5, 5.41) is 12.0. The molecule has 0 aliphatic heterocycles. The van der Waals surface area contributed by atoms with E-state index in [9.17, 15) is 4.79 Å². The fourth-order valence-corrected chi connectivity index (χ4v) is 3.70. The molecule has 0 fully saturated rings. The Kier molecular flexibility index (Phi) is 7.33. The summed E-state index contributed by atoms with van der Waals surface area (Å²) in [7, 11) is 1.81. The van der Waals surface area contributed by atoms with Crippen LogP contribution in [0.15, 0.2) is 28.6 Å². The molecule has 0 saturated carbocycles. The van der Waals surface area contributed by atoms with Gasteiger partial charge in [0.1, 0.15) is 5.75 Å². The molecule has 0 aliphatic rings. The van der Waals surface area contributed by atoms with Gasteiger partial charge in [-0.25, -0.2) is 0 Å². The Labute approximate surface area is 150 Å². The molecule has 130 valence electrons. The van der Waals surface area contributed by atoms with Gasteiger partial charge in [0.05, 0.1) is 12.4 Å². The van der Waals surface area contributed by atoms with Crippen molar-refractivity contribution in [2.45, 2.75) is 24.7 Å². The highest BCUT2D eigenvalue weighted by molar-refractivity contribution is 8.01. The van der Waals surface area contributed by atoms with Gasteiger partial charge in [0.15, 0.2) is 4.34 Å². The maximum atomic E-state index is 12.2. The highest BCUT2D eigenvalue weighted by atomic mass is 32.2. The van der Waals surface area contributed by atoms with E-state index in [1.165, 1.54) is 23.1 Å². The molecule has 0 aliphatic carbocycles. The average Bonchev–Trinajstić information content (AvgIpc) is 3.02. The van der Waals surface area contributed by atoms with Gasteiger partial charge in [-0.3, -0.25) is 4.79 Å².